The van der Waals surface area contributed by atoms with E-state index in [9.17, 15) is 0 Å². The van der Waals surface area contributed by atoms with Gasteiger partial charge in [0.2, 0.25) is 0 Å². The predicted octanol–water partition coefficient (Wildman–Crippen LogP) is 5.74. The van der Waals surface area contributed by atoms with Crippen LogP contribution in [0, 0.1) is 11.8 Å². The molecule has 0 spiro atoms. The van der Waals surface area contributed by atoms with Crippen LogP contribution in [-0.4, -0.2) is 10.9 Å². The van der Waals surface area contributed by atoms with Gasteiger partial charge in [-0.25, -0.2) is 0 Å². The molecule has 1 unspecified atom stereocenters. The molecule has 1 fully saturated rings. The Balaban J connectivity index is 1.99. The summed E-state index contributed by atoms with van der Waals surface area (Å²) in [6, 6.07) is 10.6. The first-order valence-electron chi connectivity index (χ1n) is 7.85. The largest absolute Gasteiger partial charge is 0.367 e. The second-order valence-electron chi connectivity index (χ2n) is 6.57. The quantitative estimate of drug-likeness (QED) is 0.621. The van der Waals surface area contributed by atoms with Crippen molar-refractivity contribution < 1.29 is 4.74 Å². The third kappa shape index (κ3) is 3.85. The summed E-state index contributed by atoms with van der Waals surface area (Å²) in [6.45, 7) is 6.87. The van der Waals surface area contributed by atoms with Gasteiger partial charge in [-0.15, -0.1) is 0 Å². The van der Waals surface area contributed by atoms with E-state index in [-0.39, 0.29) is 11.7 Å². The zero-order valence-corrected chi connectivity index (χ0v) is 14.5. The van der Waals surface area contributed by atoms with Crippen molar-refractivity contribution in [1.29, 1.82) is 0 Å². The van der Waals surface area contributed by atoms with Crippen molar-refractivity contribution in [2.75, 3.05) is 5.33 Å². The van der Waals surface area contributed by atoms with Crippen molar-refractivity contribution in [3.63, 3.8) is 0 Å². The number of hydrogen-bond donors (Lipinski definition) is 0. The molecule has 0 saturated heterocycles. The van der Waals surface area contributed by atoms with Gasteiger partial charge in [-0.05, 0) is 50.0 Å². The monoisotopic (exact) mass is 338 g/mol. The highest BCUT2D eigenvalue weighted by atomic mass is 79.9. The van der Waals surface area contributed by atoms with Crippen LogP contribution in [0.5, 0.6) is 0 Å². The third-order valence-electron chi connectivity index (χ3n) is 4.82. The van der Waals surface area contributed by atoms with Crippen LogP contribution in [0.3, 0.4) is 0 Å². The van der Waals surface area contributed by atoms with Gasteiger partial charge in [0.15, 0.2) is 0 Å². The molecule has 0 N–H and O–H groups in total. The molecule has 0 radical (unpaired) electrons. The minimum atomic E-state index is 0.0284. The third-order valence-corrected chi connectivity index (χ3v) is 5.85. The summed E-state index contributed by atoms with van der Waals surface area (Å²) in [5, 5.41) is 0.946. The molecule has 1 aliphatic carbocycles. The Kier molecular flexibility index (Phi) is 5.68. The predicted molar refractivity (Wildman–Crippen MR) is 89.3 cm³/mol. The maximum Gasteiger partial charge on any atom is 0.0804 e. The van der Waals surface area contributed by atoms with Gasteiger partial charge < -0.3 is 4.74 Å². The summed E-state index contributed by atoms with van der Waals surface area (Å²) in [4.78, 5) is 0. The molecule has 0 bridgehead atoms. The molecule has 1 aromatic carbocycles. The molecule has 1 nitrogen and oxygen atoms in total. The Morgan fingerprint density at radius 3 is 2.25 bits per heavy atom. The van der Waals surface area contributed by atoms with Crippen LogP contribution in [0.15, 0.2) is 30.3 Å². The van der Waals surface area contributed by atoms with E-state index in [4.69, 9.17) is 4.74 Å². The second-order valence-corrected chi connectivity index (χ2v) is 7.13. The molecule has 1 aliphatic rings. The summed E-state index contributed by atoms with van der Waals surface area (Å²) in [7, 11) is 0. The summed E-state index contributed by atoms with van der Waals surface area (Å²) in [5.41, 5.74) is 1.31. The average Bonchev–Trinajstić information content (AvgIpc) is 2.48. The van der Waals surface area contributed by atoms with Gasteiger partial charge in [0.25, 0.3) is 0 Å². The smallest absolute Gasteiger partial charge is 0.0804 e. The van der Waals surface area contributed by atoms with Gasteiger partial charge in [0.05, 0.1) is 11.7 Å². The SMILES string of the molecule is CC(OC1(CBr)CCC(C(C)C)CC1)c1ccccc1. The highest BCUT2D eigenvalue weighted by Gasteiger charge is 2.37. The van der Waals surface area contributed by atoms with Crippen LogP contribution in [0.4, 0.5) is 0 Å². The minimum Gasteiger partial charge on any atom is -0.367 e. The summed E-state index contributed by atoms with van der Waals surface area (Å²) < 4.78 is 6.50. The Morgan fingerprint density at radius 1 is 1.15 bits per heavy atom. The zero-order chi connectivity index (χ0) is 14.6. The van der Waals surface area contributed by atoms with E-state index in [1.165, 1.54) is 31.2 Å². The molecule has 112 valence electrons. The zero-order valence-electron chi connectivity index (χ0n) is 12.9. The minimum absolute atomic E-state index is 0.0284. The molecular formula is C18H27BrO. The lowest BCUT2D eigenvalue weighted by molar-refractivity contribution is -0.102. The van der Waals surface area contributed by atoms with E-state index in [0.29, 0.717) is 0 Å². The number of hydrogen-bond acceptors (Lipinski definition) is 1. The number of benzene rings is 1. The van der Waals surface area contributed by atoms with E-state index in [0.717, 1.165) is 17.2 Å². The fourth-order valence-corrected chi connectivity index (χ4v) is 3.98. The van der Waals surface area contributed by atoms with Crippen molar-refractivity contribution in [2.45, 2.75) is 58.2 Å². The first kappa shape index (κ1) is 16.0. The molecule has 0 heterocycles. The van der Waals surface area contributed by atoms with E-state index in [1.807, 2.05) is 0 Å². The van der Waals surface area contributed by atoms with E-state index in [2.05, 4.69) is 67.0 Å². The molecule has 1 aromatic rings. The Bertz CT molecular complexity index is 393. The average molecular weight is 339 g/mol. The van der Waals surface area contributed by atoms with Gasteiger partial charge in [0.1, 0.15) is 0 Å². The lowest BCUT2D eigenvalue weighted by Gasteiger charge is -2.42. The molecule has 2 heteroatoms. The number of ether oxygens (including phenoxy) is 1. The van der Waals surface area contributed by atoms with E-state index < -0.39 is 0 Å². The fraction of sp³-hybridized carbons (Fsp3) is 0.667. The number of rotatable bonds is 5. The van der Waals surface area contributed by atoms with Crippen molar-refractivity contribution in [3.05, 3.63) is 35.9 Å². The molecule has 20 heavy (non-hydrogen) atoms. The van der Waals surface area contributed by atoms with Crippen molar-refractivity contribution in [1.82, 2.24) is 0 Å². The van der Waals surface area contributed by atoms with Crippen LogP contribution in [0.2, 0.25) is 0 Å². The molecule has 0 aromatic heterocycles. The highest BCUT2D eigenvalue weighted by molar-refractivity contribution is 9.09. The lowest BCUT2D eigenvalue weighted by Crippen LogP contribution is -2.40. The van der Waals surface area contributed by atoms with Crippen molar-refractivity contribution in [3.8, 4) is 0 Å². The topological polar surface area (TPSA) is 9.23 Å². The second kappa shape index (κ2) is 7.09. The van der Waals surface area contributed by atoms with Crippen LogP contribution in [0.1, 0.15) is 58.1 Å². The maximum absolute atomic E-state index is 6.50. The van der Waals surface area contributed by atoms with Crippen LogP contribution >= 0.6 is 15.9 Å². The summed E-state index contributed by atoms with van der Waals surface area (Å²) in [6.07, 6.45) is 5.12. The molecular weight excluding hydrogens is 312 g/mol. The summed E-state index contributed by atoms with van der Waals surface area (Å²) >= 11 is 3.70. The Hall–Kier alpha value is -0.340. The molecule has 1 saturated carbocycles. The fourth-order valence-electron chi connectivity index (χ4n) is 3.28. The van der Waals surface area contributed by atoms with Gasteiger partial charge in [-0.2, -0.15) is 0 Å². The first-order valence-corrected chi connectivity index (χ1v) is 8.97. The number of alkyl halides is 1. The van der Waals surface area contributed by atoms with Gasteiger partial charge >= 0.3 is 0 Å². The van der Waals surface area contributed by atoms with Crippen LogP contribution < -0.4 is 0 Å². The molecule has 0 aliphatic heterocycles. The Labute approximate surface area is 132 Å². The standard InChI is InChI=1S/C18H27BrO/c1-14(2)16-9-11-18(13-19,12-10-16)20-15(3)17-7-5-4-6-8-17/h4-8,14-16H,9-13H2,1-3H3. The summed E-state index contributed by atoms with van der Waals surface area (Å²) in [5.74, 6) is 1.67. The molecule has 1 atom stereocenters. The van der Waals surface area contributed by atoms with Gasteiger partial charge in [-0.3, -0.25) is 0 Å². The van der Waals surface area contributed by atoms with E-state index >= 15 is 0 Å². The maximum atomic E-state index is 6.50. The normalized spacial score (nSPS) is 28.6. The lowest BCUT2D eigenvalue weighted by atomic mass is 9.75. The van der Waals surface area contributed by atoms with Crippen molar-refractivity contribution in [2.24, 2.45) is 11.8 Å². The van der Waals surface area contributed by atoms with E-state index in [1.54, 1.807) is 0 Å². The van der Waals surface area contributed by atoms with Crippen LogP contribution in [0.25, 0.3) is 0 Å². The van der Waals surface area contributed by atoms with Crippen LogP contribution in [-0.2, 0) is 4.74 Å². The van der Waals surface area contributed by atoms with Crippen molar-refractivity contribution >= 4 is 15.9 Å². The Morgan fingerprint density at radius 2 is 1.75 bits per heavy atom. The van der Waals surface area contributed by atoms with Gasteiger partial charge in [0, 0.05) is 5.33 Å². The highest BCUT2D eigenvalue weighted by Crippen LogP contribution is 2.41. The first-order chi connectivity index (χ1) is 9.56. The molecule has 0 amide bonds. The van der Waals surface area contributed by atoms with Gasteiger partial charge in [-0.1, -0.05) is 60.1 Å². The number of halogens is 1. The molecule has 2 rings (SSSR count).